The van der Waals surface area contributed by atoms with E-state index in [1.165, 1.54) is 29.0 Å². The standard InChI is InChI=1S/C16H11FN2O5S/c17-25(22,23)24-14-4-2-1-3-13(14)15(20)11-7-10(8-18)16(21)19(9-11)12-5-6-12/h1-4,7,9,12H,5-6H2. The first kappa shape index (κ1) is 16.9. The first-order chi connectivity index (χ1) is 11.8. The van der Waals surface area contributed by atoms with Crippen molar-refractivity contribution in [1.82, 2.24) is 4.57 Å². The zero-order valence-corrected chi connectivity index (χ0v) is 13.5. The summed E-state index contributed by atoms with van der Waals surface area (Å²) in [5.41, 5.74) is -0.879. The molecule has 0 atom stereocenters. The molecule has 0 amide bonds. The molecule has 0 spiro atoms. The smallest absolute Gasteiger partial charge is 0.358 e. The Morgan fingerprint density at radius 3 is 2.60 bits per heavy atom. The van der Waals surface area contributed by atoms with Crippen molar-refractivity contribution in [2.75, 3.05) is 0 Å². The second kappa shape index (κ2) is 6.14. The molecule has 3 rings (SSSR count). The first-order valence-electron chi connectivity index (χ1n) is 7.24. The number of halogens is 1. The van der Waals surface area contributed by atoms with Crippen LogP contribution in [0.25, 0.3) is 0 Å². The van der Waals surface area contributed by atoms with Crippen LogP contribution in [0.3, 0.4) is 0 Å². The first-order valence-corrected chi connectivity index (χ1v) is 8.55. The summed E-state index contributed by atoms with van der Waals surface area (Å²) in [4.78, 5) is 24.8. The van der Waals surface area contributed by atoms with Crippen LogP contribution in [0, 0.1) is 11.3 Å². The molecule has 1 aromatic carbocycles. The molecule has 128 valence electrons. The van der Waals surface area contributed by atoms with Crippen LogP contribution in [0.5, 0.6) is 5.75 Å². The molecule has 0 saturated heterocycles. The highest BCUT2D eigenvalue weighted by molar-refractivity contribution is 7.81. The highest BCUT2D eigenvalue weighted by atomic mass is 32.3. The van der Waals surface area contributed by atoms with Crippen molar-refractivity contribution >= 4 is 16.3 Å². The van der Waals surface area contributed by atoms with Crippen molar-refractivity contribution in [3.63, 3.8) is 0 Å². The quantitative estimate of drug-likeness (QED) is 0.594. The molecule has 1 aliphatic rings. The van der Waals surface area contributed by atoms with E-state index < -0.39 is 27.6 Å². The van der Waals surface area contributed by atoms with E-state index in [2.05, 4.69) is 4.18 Å². The van der Waals surface area contributed by atoms with E-state index in [0.717, 1.165) is 25.0 Å². The van der Waals surface area contributed by atoms with E-state index in [1.807, 2.05) is 0 Å². The Morgan fingerprint density at radius 2 is 2.00 bits per heavy atom. The summed E-state index contributed by atoms with van der Waals surface area (Å²) in [6, 6.07) is 8.04. The van der Waals surface area contributed by atoms with Gasteiger partial charge in [0.25, 0.3) is 5.56 Å². The van der Waals surface area contributed by atoms with Crippen molar-refractivity contribution in [1.29, 1.82) is 5.26 Å². The van der Waals surface area contributed by atoms with Crippen LogP contribution in [0.1, 0.15) is 40.4 Å². The average molecular weight is 362 g/mol. The van der Waals surface area contributed by atoms with E-state index in [-0.39, 0.29) is 22.7 Å². The third-order valence-corrected chi connectivity index (χ3v) is 4.07. The van der Waals surface area contributed by atoms with Crippen LogP contribution in [-0.2, 0) is 10.5 Å². The van der Waals surface area contributed by atoms with Crippen molar-refractivity contribution in [2.45, 2.75) is 18.9 Å². The molecule has 0 N–H and O–H groups in total. The van der Waals surface area contributed by atoms with Crippen LogP contribution in [-0.4, -0.2) is 18.8 Å². The maximum absolute atomic E-state index is 12.8. The van der Waals surface area contributed by atoms with E-state index in [9.17, 15) is 21.9 Å². The van der Waals surface area contributed by atoms with Gasteiger partial charge in [0.15, 0.2) is 11.5 Å². The largest absolute Gasteiger partial charge is 0.488 e. The number of carbonyl (C=O) groups excluding carboxylic acids is 1. The van der Waals surface area contributed by atoms with Gasteiger partial charge in [0.2, 0.25) is 0 Å². The van der Waals surface area contributed by atoms with Gasteiger partial charge in [-0.1, -0.05) is 16.0 Å². The Labute approximate surface area is 142 Å². The molecule has 0 unspecified atom stereocenters. The lowest BCUT2D eigenvalue weighted by Crippen LogP contribution is -2.23. The van der Waals surface area contributed by atoms with Crippen molar-refractivity contribution in [3.05, 3.63) is 63.6 Å². The lowest BCUT2D eigenvalue weighted by atomic mass is 10.0. The third-order valence-electron chi connectivity index (χ3n) is 3.69. The van der Waals surface area contributed by atoms with Crippen LogP contribution < -0.4 is 9.74 Å². The van der Waals surface area contributed by atoms with Gasteiger partial charge in [-0.3, -0.25) is 9.59 Å². The molecule has 0 bridgehead atoms. The molecule has 25 heavy (non-hydrogen) atoms. The van der Waals surface area contributed by atoms with Gasteiger partial charge in [-0.2, -0.15) is 13.7 Å². The van der Waals surface area contributed by atoms with Gasteiger partial charge < -0.3 is 8.75 Å². The van der Waals surface area contributed by atoms with Gasteiger partial charge in [-0.25, -0.2) is 0 Å². The normalized spacial score (nSPS) is 13.9. The van der Waals surface area contributed by atoms with Crippen LogP contribution in [0.2, 0.25) is 0 Å². The Balaban J connectivity index is 2.10. The van der Waals surface area contributed by atoms with Crippen molar-refractivity contribution < 1.29 is 21.3 Å². The lowest BCUT2D eigenvalue weighted by Gasteiger charge is -2.10. The third kappa shape index (κ3) is 3.59. The number of carbonyl (C=O) groups is 1. The van der Waals surface area contributed by atoms with Crippen molar-refractivity contribution in [2.24, 2.45) is 0 Å². The molecule has 1 saturated carbocycles. The maximum Gasteiger partial charge on any atom is 0.488 e. The Morgan fingerprint density at radius 1 is 1.32 bits per heavy atom. The van der Waals surface area contributed by atoms with Gasteiger partial charge in [0.05, 0.1) is 5.56 Å². The summed E-state index contributed by atoms with van der Waals surface area (Å²) in [5, 5.41) is 9.10. The van der Waals surface area contributed by atoms with Gasteiger partial charge in [0.1, 0.15) is 11.6 Å². The number of nitriles is 1. The summed E-state index contributed by atoms with van der Waals surface area (Å²) in [6.45, 7) is 0. The molecule has 1 heterocycles. The number of aromatic nitrogens is 1. The minimum Gasteiger partial charge on any atom is -0.358 e. The summed E-state index contributed by atoms with van der Waals surface area (Å²) < 4.78 is 39.8. The molecule has 1 fully saturated rings. The fourth-order valence-corrected chi connectivity index (χ4v) is 2.78. The van der Waals surface area contributed by atoms with Gasteiger partial charge in [-0.05, 0) is 31.0 Å². The second-order valence-electron chi connectivity index (χ2n) is 5.50. The number of rotatable bonds is 5. The van der Waals surface area contributed by atoms with E-state index in [4.69, 9.17) is 5.26 Å². The highest BCUT2D eigenvalue weighted by Crippen LogP contribution is 2.34. The molecule has 2 aromatic rings. The number of pyridine rings is 1. The van der Waals surface area contributed by atoms with Gasteiger partial charge >= 0.3 is 10.5 Å². The Bertz CT molecular complexity index is 1060. The fraction of sp³-hybridized carbons (Fsp3) is 0.188. The number of para-hydroxylation sites is 1. The van der Waals surface area contributed by atoms with Crippen LogP contribution in [0.4, 0.5) is 3.89 Å². The summed E-state index contributed by atoms with van der Waals surface area (Å²) in [6.07, 6.45) is 2.86. The molecule has 1 aromatic heterocycles. The summed E-state index contributed by atoms with van der Waals surface area (Å²) >= 11 is 0. The number of hydrogen-bond acceptors (Lipinski definition) is 6. The number of ketones is 1. The van der Waals surface area contributed by atoms with Crippen molar-refractivity contribution in [3.8, 4) is 11.8 Å². The lowest BCUT2D eigenvalue weighted by molar-refractivity contribution is 0.103. The van der Waals surface area contributed by atoms with E-state index in [1.54, 1.807) is 6.07 Å². The minimum atomic E-state index is -5.31. The molecule has 9 heteroatoms. The number of hydrogen-bond donors (Lipinski definition) is 0. The Kier molecular flexibility index (Phi) is 4.14. The molecule has 0 radical (unpaired) electrons. The summed E-state index contributed by atoms with van der Waals surface area (Å²) in [7, 11) is -5.31. The zero-order valence-electron chi connectivity index (χ0n) is 12.7. The van der Waals surface area contributed by atoms with Gasteiger partial charge in [0, 0.05) is 17.8 Å². The predicted octanol–water partition coefficient (Wildman–Crippen LogP) is 1.88. The van der Waals surface area contributed by atoms with Crippen LogP contribution in [0.15, 0.2) is 41.3 Å². The van der Waals surface area contributed by atoms with E-state index >= 15 is 0 Å². The number of benzene rings is 1. The SMILES string of the molecule is N#Cc1cc(C(=O)c2ccccc2OS(=O)(=O)F)cn(C2CC2)c1=O. The maximum atomic E-state index is 12.8. The zero-order chi connectivity index (χ0) is 18.2. The highest BCUT2D eigenvalue weighted by Gasteiger charge is 2.27. The molecule has 0 aliphatic heterocycles. The van der Waals surface area contributed by atoms with E-state index in [0.29, 0.717) is 0 Å². The molecule has 7 nitrogen and oxygen atoms in total. The molecular weight excluding hydrogens is 351 g/mol. The average Bonchev–Trinajstić information content (AvgIpc) is 3.38. The predicted molar refractivity (Wildman–Crippen MR) is 84.2 cm³/mol. The monoisotopic (exact) mass is 362 g/mol. The number of nitrogens with zero attached hydrogens (tertiary/aromatic N) is 2. The molecule has 1 aliphatic carbocycles. The minimum absolute atomic E-state index is 0.00959. The van der Waals surface area contributed by atoms with Gasteiger partial charge in [-0.15, -0.1) is 0 Å². The van der Waals surface area contributed by atoms with Crippen LogP contribution >= 0.6 is 0 Å². The fourth-order valence-electron chi connectivity index (χ4n) is 2.42. The summed E-state index contributed by atoms with van der Waals surface area (Å²) in [5.74, 6) is -1.16. The molecular formula is C16H11FN2O5S. The second-order valence-corrected chi connectivity index (χ2v) is 6.45. The Hall–Kier alpha value is -2.99. The topological polar surface area (TPSA) is 106 Å².